The summed E-state index contributed by atoms with van der Waals surface area (Å²) in [6, 6.07) is 1.63. The molecule has 0 aromatic carbocycles. The molecule has 0 bridgehead atoms. The Labute approximate surface area is 68.3 Å². The van der Waals surface area contributed by atoms with Crippen LogP contribution in [0.2, 0.25) is 5.02 Å². The number of nitrogens with one attached hydrogen (secondary N) is 1. The molecule has 1 aromatic heterocycles. The fourth-order valence-electron chi connectivity index (χ4n) is 0.709. The van der Waals surface area contributed by atoms with E-state index in [4.69, 9.17) is 17.3 Å². The first-order chi connectivity index (χ1) is 5.25. The number of carbonyl (C=O) groups excluding carboxylic acids is 1. The van der Waals surface area contributed by atoms with Gasteiger partial charge < -0.3 is 9.72 Å². The van der Waals surface area contributed by atoms with Gasteiger partial charge in [0.15, 0.2) is 6.23 Å². The number of aromatic amines is 1. The summed E-state index contributed by atoms with van der Waals surface area (Å²) in [5.41, 5.74) is 5.88. The molecular formula is C6H7ClN2O2. The molecule has 1 heterocycles. The van der Waals surface area contributed by atoms with Crippen molar-refractivity contribution in [3.05, 3.63) is 23.0 Å². The van der Waals surface area contributed by atoms with Crippen molar-refractivity contribution in [1.29, 1.82) is 0 Å². The summed E-state index contributed by atoms with van der Waals surface area (Å²) < 4.78 is 4.45. The van der Waals surface area contributed by atoms with Crippen LogP contribution in [0.1, 0.15) is 11.9 Å². The predicted octanol–water partition coefficient (Wildman–Crippen LogP) is 0.798. The highest BCUT2D eigenvalue weighted by Crippen LogP contribution is 2.19. The van der Waals surface area contributed by atoms with E-state index in [0.717, 1.165) is 0 Å². The molecule has 0 spiro atoms. The standard InChI is InChI=1S/C6H7ClN2O2/c7-4-1-2-9-5(4)6(8)11-3-10/h1-3,6,9H,8H2. The van der Waals surface area contributed by atoms with Crippen molar-refractivity contribution < 1.29 is 9.53 Å². The van der Waals surface area contributed by atoms with Crippen molar-refractivity contribution in [3.8, 4) is 0 Å². The van der Waals surface area contributed by atoms with Gasteiger partial charge in [0, 0.05) is 6.20 Å². The molecule has 1 atom stereocenters. The highest BCUT2D eigenvalue weighted by atomic mass is 35.5. The summed E-state index contributed by atoms with van der Waals surface area (Å²) in [6.07, 6.45) is 0.807. The fraction of sp³-hybridized carbons (Fsp3) is 0.167. The van der Waals surface area contributed by atoms with Gasteiger partial charge in [-0.3, -0.25) is 10.5 Å². The number of rotatable bonds is 3. The molecule has 0 saturated carbocycles. The number of nitrogens with two attached hydrogens (primary N) is 1. The van der Waals surface area contributed by atoms with Crippen LogP contribution in [-0.2, 0) is 9.53 Å². The lowest BCUT2D eigenvalue weighted by Crippen LogP contribution is -2.14. The Kier molecular flexibility index (Phi) is 2.51. The lowest BCUT2D eigenvalue weighted by molar-refractivity contribution is -0.133. The molecule has 3 N–H and O–H groups in total. The second-order valence-corrected chi connectivity index (χ2v) is 2.30. The van der Waals surface area contributed by atoms with E-state index < -0.39 is 6.23 Å². The van der Waals surface area contributed by atoms with E-state index in [9.17, 15) is 4.79 Å². The molecule has 1 unspecified atom stereocenters. The molecule has 0 radical (unpaired) electrons. The SMILES string of the molecule is NC(OC=O)c1[nH]ccc1Cl. The average Bonchev–Trinajstić information content (AvgIpc) is 2.36. The monoisotopic (exact) mass is 174 g/mol. The Balaban J connectivity index is 2.74. The fourth-order valence-corrected chi connectivity index (χ4v) is 0.934. The van der Waals surface area contributed by atoms with Crippen molar-refractivity contribution in [2.75, 3.05) is 0 Å². The van der Waals surface area contributed by atoms with Crippen molar-refractivity contribution >= 4 is 18.1 Å². The molecule has 0 aliphatic carbocycles. The first-order valence-corrected chi connectivity index (χ1v) is 3.31. The molecule has 1 rings (SSSR count). The minimum Gasteiger partial charge on any atom is -0.443 e. The number of ether oxygens (including phenoxy) is 1. The number of halogens is 1. The van der Waals surface area contributed by atoms with Gasteiger partial charge in [0.2, 0.25) is 0 Å². The lowest BCUT2D eigenvalue weighted by atomic mass is 10.4. The lowest BCUT2D eigenvalue weighted by Gasteiger charge is -2.06. The van der Waals surface area contributed by atoms with Crippen LogP contribution in [0.3, 0.4) is 0 Å². The van der Waals surface area contributed by atoms with Crippen molar-refractivity contribution in [3.63, 3.8) is 0 Å². The zero-order chi connectivity index (χ0) is 8.27. The predicted molar refractivity (Wildman–Crippen MR) is 39.9 cm³/mol. The first-order valence-electron chi connectivity index (χ1n) is 2.93. The molecule has 0 saturated heterocycles. The Morgan fingerprint density at radius 1 is 1.82 bits per heavy atom. The smallest absolute Gasteiger partial charge is 0.294 e. The second kappa shape index (κ2) is 3.41. The van der Waals surface area contributed by atoms with Crippen molar-refractivity contribution in [2.24, 2.45) is 5.73 Å². The van der Waals surface area contributed by atoms with E-state index in [0.29, 0.717) is 10.7 Å². The second-order valence-electron chi connectivity index (χ2n) is 1.89. The molecule has 60 valence electrons. The highest BCUT2D eigenvalue weighted by Gasteiger charge is 2.10. The Bertz CT molecular complexity index is 248. The minimum absolute atomic E-state index is 0.280. The highest BCUT2D eigenvalue weighted by molar-refractivity contribution is 6.31. The minimum atomic E-state index is -0.810. The van der Waals surface area contributed by atoms with Gasteiger partial charge in [0.25, 0.3) is 6.47 Å². The van der Waals surface area contributed by atoms with Crippen LogP contribution in [0.15, 0.2) is 12.3 Å². The first kappa shape index (κ1) is 8.10. The number of H-pyrrole nitrogens is 1. The van der Waals surface area contributed by atoms with Crippen LogP contribution in [0.5, 0.6) is 0 Å². The Hall–Kier alpha value is -1.00. The van der Waals surface area contributed by atoms with Gasteiger partial charge in [0.1, 0.15) is 0 Å². The molecule has 1 aromatic rings. The van der Waals surface area contributed by atoms with Gasteiger partial charge >= 0.3 is 0 Å². The number of hydrogen-bond donors (Lipinski definition) is 2. The van der Waals surface area contributed by atoms with E-state index in [1.807, 2.05) is 0 Å². The maximum atomic E-state index is 9.86. The molecule has 0 amide bonds. The third-order valence-corrected chi connectivity index (χ3v) is 1.54. The Morgan fingerprint density at radius 3 is 3.00 bits per heavy atom. The van der Waals surface area contributed by atoms with Crippen LogP contribution in [-0.4, -0.2) is 11.5 Å². The van der Waals surface area contributed by atoms with Crippen molar-refractivity contribution in [1.82, 2.24) is 4.98 Å². The number of hydrogen-bond acceptors (Lipinski definition) is 3. The van der Waals surface area contributed by atoms with Crippen molar-refractivity contribution in [2.45, 2.75) is 6.23 Å². The van der Waals surface area contributed by atoms with E-state index in [1.54, 1.807) is 12.3 Å². The maximum Gasteiger partial charge on any atom is 0.294 e. The number of carbonyl (C=O) groups is 1. The van der Waals surface area contributed by atoms with Gasteiger partial charge in [-0.2, -0.15) is 0 Å². The molecular weight excluding hydrogens is 168 g/mol. The summed E-state index contributed by atoms with van der Waals surface area (Å²) in [4.78, 5) is 12.6. The molecule has 11 heavy (non-hydrogen) atoms. The zero-order valence-electron chi connectivity index (χ0n) is 5.58. The van der Waals surface area contributed by atoms with Crippen LogP contribution < -0.4 is 5.73 Å². The van der Waals surface area contributed by atoms with E-state index >= 15 is 0 Å². The molecule has 0 fully saturated rings. The third-order valence-electron chi connectivity index (χ3n) is 1.21. The summed E-state index contributed by atoms with van der Waals surface area (Å²) in [5, 5.41) is 0.458. The van der Waals surface area contributed by atoms with Crippen LogP contribution in [0, 0.1) is 0 Å². The Morgan fingerprint density at radius 2 is 2.55 bits per heavy atom. The summed E-state index contributed by atoms with van der Waals surface area (Å²) in [7, 11) is 0. The van der Waals surface area contributed by atoms with E-state index in [-0.39, 0.29) is 6.47 Å². The van der Waals surface area contributed by atoms with Crippen LogP contribution in [0.25, 0.3) is 0 Å². The third kappa shape index (κ3) is 1.72. The van der Waals surface area contributed by atoms with Crippen LogP contribution in [0.4, 0.5) is 0 Å². The average molecular weight is 175 g/mol. The zero-order valence-corrected chi connectivity index (χ0v) is 6.34. The topological polar surface area (TPSA) is 68.1 Å². The van der Waals surface area contributed by atoms with Gasteiger partial charge in [-0.25, -0.2) is 0 Å². The molecule has 5 heteroatoms. The van der Waals surface area contributed by atoms with Crippen LogP contribution >= 0.6 is 11.6 Å². The summed E-state index contributed by atoms with van der Waals surface area (Å²) >= 11 is 5.66. The van der Waals surface area contributed by atoms with E-state index in [1.165, 1.54) is 0 Å². The molecule has 0 aliphatic heterocycles. The normalized spacial score (nSPS) is 12.5. The van der Waals surface area contributed by atoms with Gasteiger partial charge in [-0.05, 0) is 6.07 Å². The summed E-state index contributed by atoms with van der Waals surface area (Å²) in [6.45, 7) is 0.280. The van der Waals surface area contributed by atoms with E-state index in [2.05, 4.69) is 9.72 Å². The molecule has 4 nitrogen and oxygen atoms in total. The maximum absolute atomic E-state index is 9.86. The molecule has 0 aliphatic rings. The van der Waals surface area contributed by atoms with Gasteiger partial charge in [-0.15, -0.1) is 0 Å². The quantitative estimate of drug-likeness (QED) is 0.526. The summed E-state index contributed by atoms with van der Waals surface area (Å²) in [5.74, 6) is 0. The van der Waals surface area contributed by atoms with Gasteiger partial charge in [-0.1, -0.05) is 11.6 Å². The van der Waals surface area contributed by atoms with Gasteiger partial charge in [0.05, 0.1) is 10.7 Å². The number of aromatic nitrogens is 1. The largest absolute Gasteiger partial charge is 0.443 e.